The molecule has 6 nitrogen and oxygen atoms in total. The summed E-state index contributed by atoms with van der Waals surface area (Å²) in [4.78, 5) is 17.3. The third-order valence-electron chi connectivity index (χ3n) is 6.09. The molecule has 1 aromatic heterocycles. The zero-order valence-corrected chi connectivity index (χ0v) is 18.5. The van der Waals surface area contributed by atoms with Gasteiger partial charge in [0.2, 0.25) is 0 Å². The van der Waals surface area contributed by atoms with Crippen LogP contribution >= 0.6 is 0 Å². The minimum absolute atomic E-state index is 0.279. The topological polar surface area (TPSA) is 80.7 Å². The van der Waals surface area contributed by atoms with Crippen molar-refractivity contribution in [2.24, 2.45) is 5.92 Å². The SMILES string of the molecule is COc1c([C@H]2[C@H](C(=O)Nc3ccc(C(C)O)nc3)OC(C)(C)[C@H]2C)ccc(F)c1C(F)F. The Morgan fingerprint density at radius 1 is 1.28 bits per heavy atom. The van der Waals surface area contributed by atoms with Crippen molar-refractivity contribution in [2.45, 2.75) is 57.8 Å². The number of hydrogen-bond acceptors (Lipinski definition) is 5. The number of nitrogens with one attached hydrogen (secondary N) is 1. The summed E-state index contributed by atoms with van der Waals surface area (Å²) < 4.78 is 52.5. The monoisotopic (exact) mass is 452 g/mol. The molecule has 1 unspecified atom stereocenters. The van der Waals surface area contributed by atoms with Gasteiger partial charge in [-0.25, -0.2) is 13.2 Å². The molecule has 2 aromatic rings. The standard InChI is InChI=1S/C23H27F3N2O4/c1-11-17(14-7-8-15(24)18(21(25)26)19(14)31-5)20(32-23(11,3)4)22(30)28-13-6-9-16(12(2)29)27-10-13/h6-12,17,20-21,29H,1-5H3,(H,28,30)/t11-,12?,17-,20+/m0/s1. The first-order valence-electron chi connectivity index (χ1n) is 10.2. The predicted molar refractivity (Wildman–Crippen MR) is 112 cm³/mol. The second kappa shape index (κ2) is 9.07. The van der Waals surface area contributed by atoms with Gasteiger partial charge >= 0.3 is 0 Å². The summed E-state index contributed by atoms with van der Waals surface area (Å²) in [6.07, 6.45) is -3.46. The molecule has 2 N–H and O–H groups in total. The van der Waals surface area contributed by atoms with Crippen LogP contribution < -0.4 is 10.1 Å². The molecule has 1 amide bonds. The van der Waals surface area contributed by atoms with Gasteiger partial charge in [0.05, 0.1) is 42.0 Å². The Kier molecular flexibility index (Phi) is 6.80. The van der Waals surface area contributed by atoms with Crippen molar-refractivity contribution in [3.05, 3.63) is 53.1 Å². The van der Waals surface area contributed by atoms with E-state index in [-0.39, 0.29) is 17.2 Å². The number of rotatable bonds is 6. The van der Waals surface area contributed by atoms with Crippen molar-refractivity contribution in [2.75, 3.05) is 12.4 Å². The van der Waals surface area contributed by atoms with E-state index in [9.17, 15) is 23.1 Å². The highest BCUT2D eigenvalue weighted by molar-refractivity contribution is 5.95. The second-order valence-corrected chi connectivity index (χ2v) is 8.48. The normalized spacial score (nSPS) is 23.2. The van der Waals surface area contributed by atoms with E-state index < -0.39 is 47.4 Å². The number of pyridine rings is 1. The van der Waals surface area contributed by atoms with E-state index >= 15 is 0 Å². The van der Waals surface area contributed by atoms with Gasteiger partial charge in [0.25, 0.3) is 12.3 Å². The number of benzene rings is 1. The highest BCUT2D eigenvalue weighted by Gasteiger charge is 2.51. The van der Waals surface area contributed by atoms with Crippen LogP contribution in [0.2, 0.25) is 0 Å². The number of halogens is 3. The zero-order valence-electron chi connectivity index (χ0n) is 18.5. The lowest BCUT2D eigenvalue weighted by Crippen LogP contribution is -2.33. The number of amides is 1. The molecule has 1 aliphatic rings. The Bertz CT molecular complexity index is 980. The number of aromatic nitrogens is 1. The first kappa shape index (κ1) is 24.0. The molecular formula is C23H27F3N2O4. The maximum Gasteiger partial charge on any atom is 0.270 e. The van der Waals surface area contributed by atoms with Crippen LogP contribution in [0.5, 0.6) is 5.75 Å². The summed E-state index contributed by atoms with van der Waals surface area (Å²) >= 11 is 0. The van der Waals surface area contributed by atoms with Gasteiger partial charge in [-0.05, 0) is 44.9 Å². The Hall–Kier alpha value is -2.65. The molecule has 1 aromatic carbocycles. The average Bonchev–Trinajstić information content (AvgIpc) is 2.97. The Morgan fingerprint density at radius 2 is 1.97 bits per heavy atom. The fourth-order valence-electron chi connectivity index (χ4n) is 4.08. The van der Waals surface area contributed by atoms with Gasteiger partial charge in [-0.1, -0.05) is 13.0 Å². The number of anilines is 1. The first-order chi connectivity index (χ1) is 15.0. The van der Waals surface area contributed by atoms with Gasteiger partial charge in [0.1, 0.15) is 17.7 Å². The van der Waals surface area contributed by atoms with Crippen LogP contribution in [0.4, 0.5) is 18.9 Å². The molecule has 0 aliphatic carbocycles. The Morgan fingerprint density at radius 3 is 2.50 bits per heavy atom. The van der Waals surface area contributed by atoms with Crippen molar-refractivity contribution >= 4 is 11.6 Å². The Labute approximate surface area is 184 Å². The highest BCUT2D eigenvalue weighted by Crippen LogP contribution is 2.50. The van der Waals surface area contributed by atoms with Crippen molar-refractivity contribution in [1.82, 2.24) is 4.98 Å². The number of hydrogen-bond donors (Lipinski definition) is 2. The largest absolute Gasteiger partial charge is 0.496 e. The van der Waals surface area contributed by atoms with Crippen LogP contribution in [0.1, 0.15) is 63.0 Å². The number of methoxy groups -OCH3 is 1. The third-order valence-corrected chi connectivity index (χ3v) is 6.09. The number of carbonyl (C=O) groups excluding carboxylic acids is 1. The lowest BCUT2D eigenvalue weighted by atomic mass is 9.77. The number of aliphatic hydroxyl groups excluding tert-OH is 1. The van der Waals surface area contributed by atoms with E-state index in [2.05, 4.69) is 10.3 Å². The number of alkyl halides is 2. The quantitative estimate of drug-likeness (QED) is 0.661. The fraction of sp³-hybridized carbons (Fsp3) is 0.478. The summed E-state index contributed by atoms with van der Waals surface area (Å²) in [5.41, 5.74) is -0.475. The molecule has 0 radical (unpaired) electrons. The minimum Gasteiger partial charge on any atom is -0.496 e. The number of carbonyl (C=O) groups is 1. The lowest BCUT2D eigenvalue weighted by molar-refractivity contribution is -0.131. The van der Waals surface area contributed by atoms with Crippen LogP contribution in [0.3, 0.4) is 0 Å². The average molecular weight is 452 g/mol. The van der Waals surface area contributed by atoms with Gasteiger partial charge in [0.15, 0.2) is 0 Å². The smallest absolute Gasteiger partial charge is 0.270 e. The zero-order chi connectivity index (χ0) is 23.8. The molecule has 1 aliphatic heterocycles. The van der Waals surface area contributed by atoms with E-state index in [1.165, 1.54) is 19.4 Å². The molecule has 9 heteroatoms. The van der Waals surface area contributed by atoms with Crippen molar-refractivity contribution in [3.8, 4) is 5.75 Å². The van der Waals surface area contributed by atoms with Crippen LogP contribution in [-0.4, -0.2) is 34.8 Å². The third kappa shape index (κ3) is 4.45. The molecule has 3 rings (SSSR count). The van der Waals surface area contributed by atoms with E-state index in [0.717, 1.165) is 6.07 Å². The van der Waals surface area contributed by atoms with E-state index in [1.807, 2.05) is 6.92 Å². The lowest BCUT2D eigenvalue weighted by Gasteiger charge is -2.26. The van der Waals surface area contributed by atoms with Crippen LogP contribution in [-0.2, 0) is 9.53 Å². The fourth-order valence-corrected chi connectivity index (χ4v) is 4.08. The molecule has 0 saturated carbocycles. The number of aliphatic hydroxyl groups is 1. The van der Waals surface area contributed by atoms with Gasteiger partial charge in [-0.15, -0.1) is 0 Å². The van der Waals surface area contributed by atoms with Crippen molar-refractivity contribution in [3.63, 3.8) is 0 Å². The van der Waals surface area contributed by atoms with Gasteiger partial charge in [-0.3, -0.25) is 9.78 Å². The van der Waals surface area contributed by atoms with E-state index in [1.54, 1.807) is 32.9 Å². The molecular weight excluding hydrogens is 425 g/mol. The highest BCUT2D eigenvalue weighted by atomic mass is 19.3. The van der Waals surface area contributed by atoms with E-state index in [0.29, 0.717) is 11.4 Å². The summed E-state index contributed by atoms with van der Waals surface area (Å²) in [5.74, 6) is -2.79. The molecule has 32 heavy (non-hydrogen) atoms. The Balaban J connectivity index is 1.99. The predicted octanol–water partition coefficient (Wildman–Crippen LogP) is 4.76. The molecule has 0 spiro atoms. The van der Waals surface area contributed by atoms with Gasteiger partial charge < -0.3 is 19.9 Å². The van der Waals surface area contributed by atoms with Crippen LogP contribution in [0, 0.1) is 11.7 Å². The number of nitrogens with zero attached hydrogens (tertiary/aromatic N) is 1. The van der Waals surface area contributed by atoms with E-state index in [4.69, 9.17) is 9.47 Å². The molecule has 0 bridgehead atoms. The second-order valence-electron chi connectivity index (χ2n) is 8.48. The first-order valence-corrected chi connectivity index (χ1v) is 10.2. The summed E-state index contributed by atoms with van der Waals surface area (Å²) in [7, 11) is 1.19. The maximum atomic E-state index is 14.1. The summed E-state index contributed by atoms with van der Waals surface area (Å²) in [6.45, 7) is 7.04. The van der Waals surface area contributed by atoms with Crippen LogP contribution in [0.25, 0.3) is 0 Å². The van der Waals surface area contributed by atoms with Gasteiger partial charge in [-0.2, -0.15) is 0 Å². The minimum atomic E-state index is -3.08. The van der Waals surface area contributed by atoms with Crippen molar-refractivity contribution < 1.29 is 32.5 Å². The molecule has 1 fully saturated rings. The number of ether oxygens (including phenoxy) is 2. The van der Waals surface area contributed by atoms with Crippen molar-refractivity contribution in [1.29, 1.82) is 0 Å². The molecule has 174 valence electrons. The molecule has 1 saturated heterocycles. The summed E-state index contributed by atoms with van der Waals surface area (Å²) in [5, 5.41) is 12.3. The van der Waals surface area contributed by atoms with Gasteiger partial charge in [0, 0.05) is 11.5 Å². The molecule has 4 atom stereocenters. The molecule has 2 heterocycles. The van der Waals surface area contributed by atoms with Crippen LogP contribution in [0.15, 0.2) is 30.5 Å². The maximum absolute atomic E-state index is 14.1. The summed E-state index contributed by atoms with van der Waals surface area (Å²) in [6, 6.07) is 5.51.